The Morgan fingerprint density at radius 2 is 2.05 bits per heavy atom. The Labute approximate surface area is 229 Å². The van der Waals surface area contributed by atoms with Gasteiger partial charge in [-0.1, -0.05) is 23.3 Å². The van der Waals surface area contributed by atoms with Crippen molar-refractivity contribution in [2.24, 2.45) is 5.11 Å². The molecule has 10 heteroatoms. The van der Waals surface area contributed by atoms with E-state index in [9.17, 15) is 4.79 Å². The predicted octanol–water partition coefficient (Wildman–Crippen LogP) is 5.51. The molecular weight excluding hydrogens is 492 g/mol. The van der Waals surface area contributed by atoms with Crippen molar-refractivity contribution < 1.29 is 9.53 Å². The number of nitrogens with zero attached hydrogens (tertiary/aromatic N) is 6. The van der Waals surface area contributed by atoms with E-state index in [2.05, 4.69) is 42.6 Å². The van der Waals surface area contributed by atoms with Crippen LogP contribution >= 0.6 is 0 Å². The highest BCUT2D eigenvalue weighted by molar-refractivity contribution is 5.95. The largest absolute Gasteiger partial charge is 0.494 e. The molecule has 1 amide bonds. The van der Waals surface area contributed by atoms with Crippen molar-refractivity contribution >= 4 is 11.6 Å². The number of azide groups is 1. The number of ether oxygens (including phenoxy) is 1. The third kappa shape index (κ3) is 8.43. The molecule has 39 heavy (non-hydrogen) atoms. The van der Waals surface area contributed by atoms with Crippen molar-refractivity contribution in [2.75, 3.05) is 32.1 Å². The van der Waals surface area contributed by atoms with Crippen molar-refractivity contribution in [1.29, 1.82) is 0 Å². The number of benzene rings is 2. The Kier molecular flexibility index (Phi) is 10.5. The Bertz CT molecular complexity index is 1250. The van der Waals surface area contributed by atoms with E-state index in [4.69, 9.17) is 10.3 Å². The number of unbranched alkanes of at least 4 members (excludes halogenated alkanes) is 2. The lowest BCUT2D eigenvalue weighted by molar-refractivity contribution is 0.0951. The van der Waals surface area contributed by atoms with Gasteiger partial charge in [0.15, 0.2) is 0 Å². The van der Waals surface area contributed by atoms with Gasteiger partial charge in [-0.3, -0.25) is 9.69 Å². The number of likely N-dealkylation sites (tertiary alicyclic amines) is 1. The second kappa shape index (κ2) is 14.7. The number of hydrogen-bond acceptors (Lipinski definition) is 7. The van der Waals surface area contributed by atoms with Gasteiger partial charge in [0, 0.05) is 48.0 Å². The molecule has 2 atom stereocenters. The van der Waals surface area contributed by atoms with Gasteiger partial charge in [-0.25, -0.2) is 9.97 Å². The van der Waals surface area contributed by atoms with E-state index in [0.717, 1.165) is 61.3 Å². The van der Waals surface area contributed by atoms with Crippen LogP contribution in [0.15, 0.2) is 72.2 Å². The molecule has 2 unspecified atom stereocenters. The van der Waals surface area contributed by atoms with Crippen molar-refractivity contribution in [3.63, 3.8) is 0 Å². The molecule has 0 spiro atoms. The fourth-order valence-corrected chi connectivity index (χ4v) is 4.84. The second-order valence-corrected chi connectivity index (χ2v) is 9.70. The van der Waals surface area contributed by atoms with E-state index in [1.54, 1.807) is 12.5 Å². The summed E-state index contributed by atoms with van der Waals surface area (Å²) in [6.07, 6.45) is 8.25. The van der Waals surface area contributed by atoms with E-state index < -0.39 is 0 Å². The molecule has 1 aromatic heterocycles. The highest BCUT2D eigenvalue weighted by Gasteiger charge is 2.31. The monoisotopic (exact) mass is 528 g/mol. The lowest BCUT2D eigenvalue weighted by Crippen LogP contribution is -2.33. The first kappa shape index (κ1) is 27.9. The summed E-state index contributed by atoms with van der Waals surface area (Å²) in [5, 5.41) is 10.1. The van der Waals surface area contributed by atoms with Crippen molar-refractivity contribution in [3.05, 3.63) is 94.4 Å². The van der Waals surface area contributed by atoms with Crippen LogP contribution in [0.25, 0.3) is 10.4 Å². The van der Waals surface area contributed by atoms with Crippen LogP contribution < -0.4 is 15.4 Å². The number of rotatable bonds is 14. The number of anilines is 1. The molecule has 1 fully saturated rings. The molecule has 0 aliphatic carbocycles. The molecule has 1 aliphatic rings. The fraction of sp³-hybridized carbons (Fsp3) is 0.414. The van der Waals surface area contributed by atoms with Crippen LogP contribution in [0.1, 0.15) is 59.8 Å². The average molecular weight is 529 g/mol. The van der Waals surface area contributed by atoms with Crippen molar-refractivity contribution in [1.82, 2.24) is 20.2 Å². The normalized spacial score (nSPS) is 16.8. The van der Waals surface area contributed by atoms with Crippen LogP contribution in [0.4, 0.5) is 5.69 Å². The van der Waals surface area contributed by atoms with Gasteiger partial charge in [0.25, 0.3) is 5.91 Å². The second-order valence-electron chi connectivity index (χ2n) is 9.70. The van der Waals surface area contributed by atoms with Gasteiger partial charge in [0.05, 0.1) is 18.3 Å². The first-order valence-corrected chi connectivity index (χ1v) is 13.5. The van der Waals surface area contributed by atoms with Crippen LogP contribution in [0.2, 0.25) is 0 Å². The van der Waals surface area contributed by atoms with Gasteiger partial charge in [-0.05, 0) is 86.6 Å². The highest BCUT2D eigenvalue weighted by atomic mass is 16.5. The summed E-state index contributed by atoms with van der Waals surface area (Å²) < 4.78 is 5.83. The zero-order valence-corrected chi connectivity index (χ0v) is 22.4. The van der Waals surface area contributed by atoms with Gasteiger partial charge >= 0.3 is 0 Å². The van der Waals surface area contributed by atoms with Gasteiger partial charge < -0.3 is 15.4 Å². The van der Waals surface area contributed by atoms with Crippen LogP contribution in [-0.4, -0.2) is 53.6 Å². The average Bonchev–Trinajstić information content (AvgIpc) is 3.35. The van der Waals surface area contributed by atoms with Gasteiger partial charge in [-0.15, -0.1) is 0 Å². The summed E-state index contributed by atoms with van der Waals surface area (Å²) in [5.41, 5.74) is 11.9. The standard InChI is InChI=1S/C29H36N8O2/c1-37-25(11-12-28(37)27-13-15-31-21-34-27)20-32-24-9-6-8-23(18-24)29(38)33-19-22-7-5-10-26(17-22)39-16-4-2-3-14-35-36-30/h5-10,13,15,17-18,21,25,28,32H,2-4,11-12,14,16,19-20H2,1H3,(H,33,38). The molecule has 0 saturated carbocycles. The fourth-order valence-electron chi connectivity index (χ4n) is 4.84. The molecule has 3 aromatic rings. The van der Waals surface area contributed by atoms with E-state index in [-0.39, 0.29) is 5.91 Å². The molecule has 2 heterocycles. The number of likely N-dealkylation sites (N-methyl/N-ethyl adjacent to an activating group) is 1. The third-order valence-electron chi connectivity index (χ3n) is 7.04. The number of hydrogen-bond donors (Lipinski definition) is 2. The van der Waals surface area contributed by atoms with Crippen molar-refractivity contribution in [2.45, 2.75) is 50.7 Å². The Balaban J connectivity index is 1.22. The topological polar surface area (TPSA) is 128 Å². The molecular formula is C29H36N8O2. The van der Waals surface area contributed by atoms with E-state index in [1.165, 1.54) is 0 Å². The zero-order valence-electron chi connectivity index (χ0n) is 22.4. The number of nitrogens with one attached hydrogen (secondary N) is 2. The van der Waals surface area contributed by atoms with Crippen LogP contribution in [0, 0.1) is 0 Å². The van der Waals surface area contributed by atoms with Gasteiger partial charge in [-0.2, -0.15) is 0 Å². The SMILES string of the molecule is CN1C(CNc2cccc(C(=O)NCc3cccc(OCCCCCN=[N+]=[N-])c3)c2)CCC1c1ccncn1. The van der Waals surface area contributed by atoms with Crippen LogP contribution in [0.5, 0.6) is 5.75 Å². The maximum Gasteiger partial charge on any atom is 0.251 e. The van der Waals surface area contributed by atoms with E-state index in [0.29, 0.717) is 37.3 Å². The number of aromatic nitrogens is 2. The molecule has 0 bridgehead atoms. The van der Waals surface area contributed by atoms with Crippen LogP contribution in [-0.2, 0) is 6.54 Å². The summed E-state index contributed by atoms with van der Waals surface area (Å²) in [7, 11) is 2.14. The molecule has 2 aromatic carbocycles. The minimum Gasteiger partial charge on any atom is -0.494 e. The minimum atomic E-state index is -0.119. The summed E-state index contributed by atoms with van der Waals surface area (Å²) >= 11 is 0. The lowest BCUT2D eigenvalue weighted by Gasteiger charge is -2.26. The van der Waals surface area contributed by atoms with Crippen molar-refractivity contribution in [3.8, 4) is 5.75 Å². The minimum absolute atomic E-state index is 0.119. The first-order valence-electron chi connectivity index (χ1n) is 13.5. The number of carbonyl (C=O) groups is 1. The highest BCUT2D eigenvalue weighted by Crippen LogP contribution is 2.33. The van der Waals surface area contributed by atoms with Crippen LogP contribution in [0.3, 0.4) is 0 Å². The smallest absolute Gasteiger partial charge is 0.251 e. The molecule has 10 nitrogen and oxygen atoms in total. The number of carbonyl (C=O) groups excluding carboxylic acids is 1. The van der Waals surface area contributed by atoms with E-state index in [1.807, 2.05) is 54.6 Å². The maximum absolute atomic E-state index is 12.9. The molecule has 1 aliphatic heterocycles. The zero-order chi connectivity index (χ0) is 27.3. The molecule has 204 valence electrons. The summed E-state index contributed by atoms with van der Waals surface area (Å²) in [5.74, 6) is 0.661. The van der Waals surface area contributed by atoms with E-state index >= 15 is 0 Å². The third-order valence-corrected chi connectivity index (χ3v) is 7.04. The molecule has 4 rings (SSSR count). The number of amides is 1. The molecule has 1 saturated heterocycles. The Morgan fingerprint density at radius 3 is 2.90 bits per heavy atom. The molecule has 0 radical (unpaired) electrons. The van der Waals surface area contributed by atoms with Gasteiger partial charge in [0.1, 0.15) is 12.1 Å². The molecule has 2 N–H and O–H groups in total. The Hall–Kier alpha value is -4.14. The first-order chi connectivity index (χ1) is 19.1. The quantitative estimate of drug-likeness (QED) is 0.123. The maximum atomic E-state index is 12.9. The predicted molar refractivity (Wildman–Crippen MR) is 151 cm³/mol. The van der Waals surface area contributed by atoms with Gasteiger partial charge in [0.2, 0.25) is 0 Å². The Morgan fingerprint density at radius 1 is 1.15 bits per heavy atom. The summed E-state index contributed by atoms with van der Waals surface area (Å²) in [6.45, 7) is 2.33. The lowest BCUT2D eigenvalue weighted by atomic mass is 10.1. The summed E-state index contributed by atoms with van der Waals surface area (Å²) in [6, 6.07) is 18.1. The summed E-state index contributed by atoms with van der Waals surface area (Å²) in [4.78, 5) is 26.5.